The Balaban J connectivity index is 2.21. The summed E-state index contributed by atoms with van der Waals surface area (Å²) in [5.74, 6) is 0.541. The Morgan fingerprint density at radius 1 is 1.21 bits per heavy atom. The van der Waals surface area contributed by atoms with Gasteiger partial charge in [0.05, 0.1) is 0 Å². The third-order valence-corrected chi connectivity index (χ3v) is 2.46. The summed E-state index contributed by atoms with van der Waals surface area (Å²) in [5.41, 5.74) is 2.04. The zero-order chi connectivity index (χ0) is 13.8. The first-order valence-corrected chi connectivity index (χ1v) is 5.67. The van der Waals surface area contributed by atoms with Crippen molar-refractivity contribution in [2.24, 2.45) is 0 Å². The Morgan fingerprint density at radius 2 is 2.00 bits per heavy atom. The lowest BCUT2D eigenvalue weighted by Crippen LogP contribution is -2.04. The lowest BCUT2D eigenvalue weighted by molar-refractivity contribution is -0.0502. The van der Waals surface area contributed by atoms with Crippen LogP contribution in [0, 0.1) is 13.8 Å². The van der Waals surface area contributed by atoms with Crippen LogP contribution < -0.4 is 10.1 Å². The largest absolute Gasteiger partial charge is 0.434 e. The molecule has 0 unspecified atom stereocenters. The molecule has 6 heteroatoms. The van der Waals surface area contributed by atoms with Gasteiger partial charge in [-0.3, -0.25) is 0 Å². The van der Waals surface area contributed by atoms with Gasteiger partial charge in [-0.1, -0.05) is 6.07 Å². The molecule has 0 radical (unpaired) electrons. The third kappa shape index (κ3) is 3.61. The van der Waals surface area contributed by atoms with E-state index < -0.39 is 6.61 Å². The Hall–Kier alpha value is -2.24. The van der Waals surface area contributed by atoms with E-state index in [-0.39, 0.29) is 5.75 Å². The number of hydrogen-bond acceptors (Lipinski definition) is 4. The molecule has 100 valence electrons. The second-order valence-electron chi connectivity index (χ2n) is 4.01. The molecule has 2 aromatic rings. The van der Waals surface area contributed by atoms with Gasteiger partial charge < -0.3 is 10.1 Å². The van der Waals surface area contributed by atoms with Crippen molar-refractivity contribution < 1.29 is 13.5 Å². The van der Waals surface area contributed by atoms with Gasteiger partial charge >= 0.3 is 6.61 Å². The zero-order valence-corrected chi connectivity index (χ0v) is 10.5. The Bertz CT molecular complexity index is 576. The lowest BCUT2D eigenvalue weighted by atomic mass is 10.2. The molecule has 4 nitrogen and oxygen atoms in total. The van der Waals surface area contributed by atoms with Crippen LogP contribution in [0.2, 0.25) is 0 Å². The standard InChI is InChI=1S/C13H13F2N3O/c1-8-3-4-10(7-11(8)19-12(14)15)18-13-16-6-5-9(2)17-13/h3-7,12H,1-2H3,(H,16,17,18). The molecule has 1 N–H and O–H groups in total. The predicted octanol–water partition coefficient (Wildman–Crippen LogP) is 3.44. The average molecular weight is 265 g/mol. The molecule has 0 atom stereocenters. The van der Waals surface area contributed by atoms with E-state index in [0.29, 0.717) is 17.2 Å². The molecule has 1 aromatic heterocycles. The Labute approximate surface area is 109 Å². The molecule has 0 aliphatic rings. The maximum Gasteiger partial charge on any atom is 0.387 e. The number of rotatable bonds is 4. The van der Waals surface area contributed by atoms with E-state index in [0.717, 1.165) is 5.69 Å². The van der Waals surface area contributed by atoms with Crippen LogP contribution in [0.4, 0.5) is 20.4 Å². The normalized spacial score (nSPS) is 10.6. The minimum absolute atomic E-state index is 0.132. The van der Waals surface area contributed by atoms with Crippen LogP contribution in [-0.2, 0) is 0 Å². The number of nitrogens with one attached hydrogen (secondary N) is 1. The highest BCUT2D eigenvalue weighted by atomic mass is 19.3. The number of nitrogens with zero attached hydrogens (tertiary/aromatic N) is 2. The molecule has 0 aliphatic carbocycles. The highest BCUT2D eigenvalue weighted by molar-refractivity contribution is 5.57. The van der Waals surface area contributed by atoms with Crippen molar-refractivity contribution in [3.05, 3.63) is 41.7 Å². The zero-order valence-electron chi connectivity index (χ0n) is 10.5. The van der Waals surface area contributed by atoms with E-state index in [1.807, 2.05) is 6.92 Å². The Morgan fingerprint density at radius 3 is 2.68 bits per heavy atom. The number of ether oxygens (including phenoxy) is 1. The van der Waals surface area contributed by atoms with Crippen LogP contribution in [0.25, 0.3) is 0 Å². The van der Waals surface area contributed by atoms with E-state index in [4.69, 9.17) is 0 Å². The summed E-state index contributed by atoms with van der Waals surface area (Å²) >= 11 is 0. The van der Waals surface area contributed by atoms with Crippen LogP contribution >= 0.6 is 0 Å². The van der Waals surface area contributed by atoms with Gasteiger partial charge in [0.1, 0.15) is 5.75 Å². The Kier molecular flexibility index (Phi) is 3.89. The summed E-state index contributed by atoms with van der Waals surface area (Å²) in [5, 5.41) is 2.94. The fraction of sp³-hybridized carbons (Fsp3) is 0.231. The van der Waals surface area contributed by atoms with Gasteiger partial charge in [-0.05, 0) is 31.5 Å². The van der Waals surface area contributed by atoms with E-state index in [2.05, 4.69) is 20.0 Å². The minimum Gasteiger partial charge on any atom is -0.434 e. The first-order chi connectivity index (χ1) is 9.04. The molecule has 1 heterocycles. The van der Waals surface area contributed by atoms with Gasteiger partial charge in [0.25, 0.3) is 0 Å². The molecule has 0 amide bonds. The maximum atomic E-state index is 12.2. The first kappa shape index (κ1) is 13.2. The molecule has 0 bridgehead atoms. The summed E-state index contributed by atoms with van der Waals surface area (Å²) in [6.07, 6.45) is 1.62. The average Bonchev–Trinajstić information content (AvgIpc) is 2.33. The van der Waals surface area contributed by atoms with Crippen LogP contribution in [-0.4, -0.2) is 16.6 Å². The number of benzene rings is 1. The molecular weight excluding hydrogens is 252 g/mol. The number of halogens is 2. The molecule has 0 fully saturated rings. The number of anilines is 2. The molecule has 19 heavy (non-hydrogen) atoms. The van der Waals surface area contributed by atoms with Crippen LogP contribution in [0.1, 0.15) is 11.3 Å². The van der Waals surface area contributed by atoms with E-state index >= 15 is 0 Å². The predicted molar refractivity (Wildman–Crippen MR) is 67.9 cm³/mol. The van der Waals surface area contributed by atoms with E-state index in [1.54, 1.807) is 31.3 Å². The quantitative estimate of drug-likeness (QED) is 0.919. The van der Waals surface area contributed by atoms with E-state index in [1.165, 1.54) is 6.07 Å². The minimum atomic E-state index is -2.84. The van der Waals surface area contributed by atoms with Crippen molar-refractivity contribution in [2.45, 2.75) is 20.5 Å². The SMILES string of the molecule is Cc1ccnc(Nc2ccc(C)c(OC(F)F)c2)n1. The summed E-state index contributed by atoms with van der Waals surface area (Å²) in [6.45, 7) is 0.696. The van der Waals surface area contributed by atoms with Crippen molar-refractivity contribution in [3.63, 3.8) is 0 Å². The van der Waals surface area contributed by atoms with Crippen LogP contribution in [0.5, 0.6) is 5.75 Å². The fourth-order valence-corrected chi connectivity index (χ4v) is 1.54. The number of aryl methyl sites for hydroxylation is 2. The van der Waals surface area contributed by atoms with Crippen LogP contribution in [0.3, 0.4) is 0 Å². The highest BCUT2D eigenvalue weighted by Crippen LogP contribution is 2.25. The summed E-state index contributed by atoms with van der Waals surface area (Å²) in [6, 6.07) is 6.70. The second kappa shape index (κ2) is 5.60. The summed E-state index contributed by atoms with van der Waals surface area (Å²) in [7, 11) is 0. The van der Waals surface area contributed by atoms with Gasteiger partial charge in [-0.2, -0.15) is 8.78 Å². The topological polar surface area (TPSA) is 47.0 Å². The van der Waals surface area contributed by atoms with Gasteiger partial charge in [-0.25, -0.2) is 9.97 Å². The number of aromatic nitrogens is 2. The number of hydrogen-bond donors (Lipinski definition) is 1. The molecule has 1 aromatic carbocycles. The van der Waals surface area contributed by atoms with Crippen molar-refractivity contribution in [3.8, 4) is 5.75 Å². The summed E-state index contributed by atoms with van der Waals surface area (Å²) in [4.78, 5) is 8.21. The highest BCUT2D eigenvalue weighted by Gasteiger charge is 2.08. The van der Waals surface area contributed by atoms with Gasteiger partial charge in [0.2, 0.25) is 5.95 Å². The van der Waals surface area contributed by atoms with Crippen molar-refractivity contribution in [1.29, 1.82) is 0 Å². The lowest BCUT2D eigenvalue weighted by Gasteiger charge is -2.11. The van der Waals surface area contributed by atoms with Gasteiger partial charge in [0.15, 0.2) is 0 Å². The smallest absolute Gasteiger partial charge is 0.387 e. The molecule has 0 saturated heterocycles. The summed E-state index contributed by atoms with van der Waals surface area (Å²) < 4.78 is 28.9. The number of alkyl halides is 2. The first-order valence-electron chi connectivity index (χ1n) is 5.67. The van der Waals surface area contributed by atoms with Gasteiger partial charge in [-0.15, -0.1) is 0 Å². The van der Waals surface area contributed by atoms with Gasteiger partial charge in [0, 0.05) is 23.6 Å². The fourth-order valence-electron chi connectivity index (χ4n) is 1.54. The maximum absolute atomic E-state index is 12.2. The van der Waals surface area contributed by atoms with Crippen LogP contribution in [0.15, 0.2) is 30.5 Å². The molecular formula is C13H13F2N3O. The van der Waals surface area contributed by atoms with E-state index in [9.17, 15) is 8.78 Å². The second-order valence-corrected chi connectivity index (χ2v) is 4.01. The van der Waals surface area contributed by atoms with Crippen molar-refractivity contribution in [2.75, 3.05) is 5.32 Å². The molecule has 0 aliphatic heterocycles. The molecule has 0 spiro atoms. The van der Waals surface area contributed by atoms with Crippen molar-refractivity contribution >= 4 is 11.6 Å². The third-order valence-electron chi connectivity index (χ3n) is 2.46. The van der Waals surface area contributed by atoms with Crippen molar-refractivity contribution in [1.82, 2.24) is 9.97 Å². The molecule has 0 saturated carbocycles. The molecule has 2 rings (SSSR count). The monoisotopic (exact) mass is 265 g/mol.